The van der Waals surface area contributed by atoms with E-state index >= 15 is 0 Å². The Morgan fingerprint density at radius 2 is 2.19 bits per heavy atom. The highest BCUT2D eigenvalue weighted by Gasteiger charge is 2.17. The molecule has 108 valence electrons. The quantitative estimate of drug-likeness (QED) is 0.868. The van der Waals surface area contributed by atoms with Gasteiger partial charge in [-0.15, -0.1) is 0 Å². The zero-order valence-electron chi connectivity index (χ0n) is 12.1. The molecule has 0 atom stereocenters. The Labute approximate surface area is 123 Å². The first kappa shape index (κ1) is 14.8. The van der Waals surface area contributed by atoms with E-state index in [0.29, 0.717) is 18.8 Å². The van der Waals surface area contributed by atoms with Crippen LogP contribution in [0.1, 0.15) is 27.4 Å². The maximum atomic E-state index is 12.2. The zero-order valence-corrected chi connectivity index (χ0v) is 12.1. The molecule has 1 aromatic heterocycles. The van der Waals surface area contributed by atoms with Gasteiger partial charge in [-0.25, -0.2) is 0 Å². The minimum atomic E-state index is -0.211. The number of benzene rings is 1. The van der Waals surface area contributed by atoms with E-state index in [4.69, 9.17) is 10.3 Å². The molecule has 0 saturated carbocycles. The summed E-state index contributed by atoms with van der Waals surface area (Å²) in [6.45, 7) is 2.52. The first-order valence-electron chi connectivity index (χ1n) is 6.57. The third kappa shape index (κ3) is 3.71. The van der Waals surface area contributed by atoms with Crippen LogP contribution in [0.25, 0.3) is 0 Å². The molecule has 0 spiro atoms. The molecule has 2 rings (SSSR count). The Balaban J connectivity index is 2.16. The Morgan fingerprint density at radius 1 is 1.43 bits per heavy atom. The lowest BCUT2D eigenvalue weighted by atomic mass is 10.1. The lowest BCUT2D eigenvalue weighted by molar-refractivity contribution is 0.0743. The molecule has 5 heteroatoms. The Morgan fingerprint density at radius 3 is 2.86 bits per heavy atom. The van der Waals surface area contributed by atoms with Crippen molar-refractivity contribution in [3.63, 3.8) is 0 Å². The predicted molar refractivity (Wildman–Crippen MR) is 79.4 cm³/mol. The van der Waals surface area contributed by atoms with E-state index in [1.807, 2.05) is 24.3 Å². The standard InChI is InChI=1S/C16H17N3O2/c1-12-10-15(21-18-12)16(20)19(2)11-14-7-4-3-6-13(14)8-5-9-17/h3-4,6-7,10H,9,11,17H2,1-2H3. The number of hydrogen-bond acceptors (Lipinski definition) is 4. The molecular weight excluding hydrogens is 266 g/mol. The molecule has 0 bridgehead atoms. The van der Waals surface area contributed by atoms with Gasteiger partial charge < -0.3 is 15.2 Å². The molecule has 1 aromatic carbocycles. The van der Waals surface area contributed by atoms with Crippen LogP contribution in [0.2, 0.25) is 0 Å². The van der Waals surface area contributed by atoms with E-state index in [1.54, 1.807) is 24.9 Å². The third-order valence-electron chi connectivity index (χ3n) is 2.94. The molecule has 0 unspecified atom stereocenters. The van der Waals surface area contributed by atoms with E-state index in [1.165, 1.54) is 0 Å². The monoisotopic (exact) mass is 283 g/mol. The van der Waals surface area contributed by atoms with E-state index < -0.39 is 0 Å². The SMILES string of the molecule is Cc1cc(C(=O)N(C)Cc2ccccc2C#CCN)on1. The lowest BCUT2D eigenvalue weighted by Gasteiger charge is -2.16. The fourth-order valence-corrected chi connectivity index (χ4v) is 1.91. The van der Waals surface area contributed by atoms with Gasteiger partial charge in [0.25, 0.3) is 5.91 Å². The van der Waals surface area contributed by atoms with Crippen molar-refractivity contribution in [3.05, 3.63) is 52.9 Å². The van der Waals surface area contributed by atoms with Crippen LogP contribution in [0.5, 0.6) is 0 Å². The highest BCUT2D eigenvalue weighted by molar-refractivity contribution is 5.91. The van der Waals surface area contributed by atoms with Gasteiger partial charge in [-0.3, -0.25) is 4.79 Å². The molecule has 0 fully saturated rings. The molecule has 2 aromatic rings. The largest absolute Gasteiger partial charge is 0.351 e. The fourth-order valence-electron chi connectivity index (χ4n) is 1.91. The highest BCUT2D eigenvalue weighted by atomic mass is 16.5. The van der Waals surface area contributed by atoms with E-state index in [0.717, 1.165) is 11.1 Å². The zero-order chi connectivity index (χ0) is 15.2. The topological polar surface area (TPSA) is 72.4 Å². The van der Waals surface area contributed by atoms with Gasteiger partial charge in [-0.05, 0) is 18.6 Å². The number of amides is 1. The van der Waals surface area contributed by atoms with Crippen molar-refractivity contribution in [1.29, 1.82) is 0 Å². The normalized spacial score (nSPS) is 9.86. The van der Waals surface area contributed by atoms with Gasteiger partial charge in [0.2, 0.25) is 5.76 Å². The number of nitrogens with two attached hydrogens (primary N) is 1. The predicted octanol–water partition coefficient (Wildman–Crippen LogP) is 1.57. The van der Waals surface area contributed by atoms with Crippen molar-refractivity contribution in [1.82, 2.24) is 10.1 Å². The van der Waals surface area contributed by atoms with Crippen molar-refractivity contribution >= 4 is 5.91 Å². The number of carbonyl (C=O) groups is 1. The summed E-state index contributed by atoms with van der Waals surface area (Å²) in [5.41, 5.74) is 7.91. The van der Waals surface area contributed by atoms with Gasteiger partial charge in [-0.1, -0.05) is 35.2 Å². The molecule has 5 nitrogen and oxygen atoms in total. The van der Waals surface area contributed by atoms with Crippen molar-refractivity contribution in [2.45, 2.75) is 13.5 Å². The fraction of sp³-hybridized carbons (Fsp3) is 0.250. The summed E-state index contributed by atoms with van der Waals surface area (Å²) < 4.78 is 4.99. The van der Waals surface area contributed by atoms with Gasteiger partial charge in [0.05, 0.1) is 12.2 Å². The summed E-state index contributed by atoms with van der Waals surface area (Å²) in [6.07, 6.45) is 0. The summed E-state index contributed by atoms with van der Waals surface area (Å²) in [4.78, 5) is 13.8. The highest BCUT2D eigenvalue weighted by Crippen LogP contribution is 2.13. The van der Waals surface area contributed by atoms with Crippen LogP contribution in [0, 0.1) is 18.8 Å². The Bertz CT molecular complexity index is 695. The second kappa shape index (κ2) is 6.73. The van der Waals surface area contributed by atoms with Crippen LogP contribution >= 0.6 is 0 Å². The van der Waals surface area contributed by atoms with E-state index in [-0.39, 0.29) is 11.7 Å². The van der Waals surface area contributed by atoms with Crippen molar-refractivity contribution in [2.24, 2.45) is 5.73 Å². The minimum Gasteiger partial charge on any atom is -0.351 e. The number of carbonyl (C=O) groups excluding carboxylic acids is 1. The smallest absolute Gasteiger partial charge is 0.292 e. The number of rotatable bonds is 3. The Hall–Kier alpha value is -2.58. The second-order valence-corrected chi connectivity index (χ2v) is 4.66. The summed E-state index contributed by atoms with van der Waals surface area (Å²) in [5, 5.41) is 3.73. The van der Waals surface area contributed by atoms with Crippen molar-refractivity contribution in [2.75, 3.05) is 13.6 Å². The van der Waals surface area contributed by atoms with Crippen LogP contribution in [-0.2, 0) is 6.54 Å². The van der Waals surface area contributed by atoms with Crippen LogP contribution in [0.3, 0.4) is 0 Å². The summed E-state index contributed by atoms with van der Waals surface area (Å²) >= 11 is 0. The maximum absolute atomic E-state index is 12.2. The van der Waals surface area contributed by atoms with Crippen LogP contribution in [0.4, 0.5) is 0 Å². The first-order valence-corrected chi connectivity index (χ1v) is 6.57. The van der Waals surface area contributed by atoms with Gasteiger partial charge in [-0.2, -0.15) is 0 Å². The summed E-state index contributed by atoms with van der Waals surface area (Å²) in [6, 6.07) is 9.30. The maximum Gasteiger partial charge on any atom is 0.292 e. The van der Waals surface area contributed by atoms with Crippen LogP contribution in [-0.4, -0.2) is 29.6 Å². The van der Waals surface area contributed by atoms with Gasteiger partial charge in [0.15, 0.2) is 0 Å². The summed E-state index contributed by atoms with van der Waals surface area (Å²) in [7, 11) is 1.72. The lowest BCUT2D eigenvalue weighted by Crippen LogP contribution is -2.26. The van der Waals surface area contributed by atoms with Gasteiger partial charge in [0, 0.05) is 25.2 Å². The van der Waals surface area contributed by atoms with E-state index in [9.17, 15) is 4.79 Å². The third-order valence-corrected chi connectivity index (χ3v) is 2.94. The number of aromatic nitrogens is 1. The van der Waals surface area contributed by atoms with Gasteiger partial charge >= 0.3 is 0 Å². The molecule has 1 heterocycles. The number of aryl methyl sites for hydroxylation is 1. The number of nitrogens with zero attached hydrogens (tertiary/aromatic N) is 2. The van der Waals surface area contributed by atoms with Crippen molar-refractivity contribution < 1.29 is 9.32 Å². The van der Waals surface area contributed by atoms with Crippen LogP contribution in [0.15, 0.2) is 34.9 Å². The second-order valence-electron chi connectivity index (χ2n) is 4.66. The molecular formula is C16H17N3O2. The molecule has 0 radical (unpaired) electrons. The van der Waals surface area contributed by atoms with Crippen molar-refractivity contribution in [3.8, 4) is 11.8 Å². The molecule has 21 heavy (non-hydrogen) atoms. The molecule has 2 N–H and O–H groups in total. The summed E-state index contributed by atoms with van der Waals surface area (Å²) in [5.74, 6) is 5.87. The average molecular weight is 283 g/mol. The minimum absolute atomic E-state index is 0.211. The molecule has 0 aliphatic carbocycles. The Kier molecular flexibility index (Phi) is 4.75. The first-order chi connectivity index (χ1) is 10.1. The molecule has 0 aliphatic heterocycles. The number of hydrogen-bond donors (Lipinski definition) is 1. The van der Waals surface area contributed by atoms with E-state index in [2.05, 4.69) is 17.0 Å². The molecule has 1 amide bonds. The van der Waals surface area contributed by atoms with Crippen LogP contribution < -0.4 is 5.73 Å². The van der Waals surface area contributed by atoms with Gasteiger partial charge in [0.1, 0.15) is 0 Å². The molecule has 0 saturated heterocycles. The molecule has 0 aliphatic rings. The average Bonchev–Trinajstić information content (AvgIpc) is 2.92.